The summed E-state index contributed by atoms with van der Waals surface area (Å²) < 4.78 is 0. The summed E-state index contributed by atoms with van der Waals surface area (Å²) in [5.41, 5.74) is 0.0803. The highest BCUT2D eigenvalue weighted by Gasteiger charge is 2.68. The molecule has 0 saturated heterocycles. The van der Waals surface area contributed by atoms with Crippen molar-refractivity contribution >= 4 is 12.6 Å². The van der Waals surface area contributed by atoms with Crippen molar-refractivity contribution < 1.29 is 0 Å². The van der Waals surface area contributed by atoms with Gasteiger partial charge in [0.15, 0.2) is 0 Å². The lowest BCUT2D eigenvalue weighted by molar-refractivity contribution is 0.506. The van der Waals surface area contributed by atoms with Gasteiger partial charge >= 0.3 is 0 Å². The molecule has 0 heterocycles. The van der Waals surface area contributed by atoms with E-state index in [0.717, 1.165) is 6.42 Å². The minimum absolute atomic E-state index is 0.0803. The van der Waals surface area contributed by atoms with Crippen molar-refractivity contribution in [1.29, 1.82) is 5.26 Å². The molecule has 4 unspecified atom stereocenters. The van der Waals surface area contributed by atoms with Gasteiger partial charge in [0, 0.05) is 0 Å². The van der Waals surface area contributed by atoms with Crippen molar-refractivity contribution in [3.05, 3.63) is 11.0 Å². The van der Waals surface area contributed by atoms with E-state index >= 15 is 0 Å². The third-order valence-electron chi connectivity index (χ3n) is 3.47. The number of fused-ring (bicyclic) bond motifs is 3. The third-order valence-corrected chi connectivity index (χ3v) is 3.95. The number of allylic oxidation sites excluding steroid dienone is 2. The number of hydrogen-bond acceptors (Lipinski definition) is 2. The second kappa shape index (κ2) is 1.51. The summed E-state index contributed by atoms with van der Waals surface area (Å²) in [5, 5.41) is 8.97. The number of thiol groups is 1. The van der Waals surface area contributed by atoms with Crippen LogP contribution in [-0.2, 0) is 0 Å². The zero-order valence-electron chi connectivity index (χ0n) is 6.12. The number of nitrogens with zero attached hydrogens (tertiary/aromatic N) is 1. The fourth-order valence-electron chi connectivity index (χ4n) is 2.57. The molecule has 0 N–H and O–H groups in total. The molecule has 2 saturated carbocycles. The average molecular weight is 163 g/mol. The Morgan fingerprint density at radius 2 is 2.55 bits per heavy atom. The molecule has 2 fully saturated rings. The Balaban J connectivity index is 2.06. The highest BCUT2D eigenvalue weighted by molar-refractivity contribution is 7.84. The maximum atomic E-state index is 8.97. The van der Waals surface area contributed by atoms with Crippen LogP contribution in [-0.4, -0.2) is 0 Å². The highest BCUT2D eigenvalue weighted by atomic mass is 32.1. The average Bonchev–Trinajstić information content (AvgIpc) is 2.80. The maximum Gasteiger partial charge on any atom is 0.0699 e. The molecule has 56 valence electrons. The quantitative estimate of drug-likeness (QED) is 0.542. The van der Waals surface area contributed by atoms with E-state index in [0.29, 0.717) is 17.8 Å². The Morgan fingerprint density at radius 3 is 3.27 bits per heavy atom. The molecule has 2 heteroatoms. The lowest BCUT2D eigenvalue weighted by atomic mass is 9.94. The predicted octanol–water partition coefficient (Wildman–Crippen LogP) is 1.98. The Morgan fingerprint density at radius 1 is 1.73 bits per heavy atom. The summed E-state index contributed by atoms with van der Waals surface area (Å²) in [6, 6.07) is 2.49. The smallest absolute Gasteiger partial charge is 0.0699 e. The van der Waals surface area contributed by atoms with Crippen molar-refractivity contribution in [3.63, 3.8) is 0 Å². The molecule has 0 aliphatic heterocycles. The largest absolute Gasteiger partial charge is 0.198 e. The first kappa shape index (κ1) is 6.14. The molecule has 3 aliphatic carbocycles. The van der Waals surface area contributed by atoms with Crippen LogP contribution in [0.15, 0.2) is 11.0 Å². The van der Waals surface area contributed by atoms with Crippen molar-refractivity contribution in [1.82, 2.24) is 0 Å². The van der Waals surface area contributed by atoms with Gasteiger partial charge in [-0.3, -0.25) is 0 Å². The lowest BCUT2D eigenvalue weighted by Gasteiger charge is -2.11. The molecule has 0 bridgehead atoms. The van der Waals surface area contributed by atoms with Crippen LogP contribution in [0.2, 0.25) is 0 Å². The van der Waals surface area contributed by atoms with Gasteiger partial charge in [0.1, 0.15) is 0 Å². The van der Waals surface area contributed by atoms with Crippen molar-refractivity contribution in [2.75, 3.05) is 0 Å². The zero-order chi connectivity index (χ0) is 7.64. The lowest BCUT2D eigenvalue weighted by Crippen LogP contribution is -2.08. The van der Waals surface area contributed by atoms with Gasteiger partial charge in [0.2, 0.25) is 0 Å². The Bertz CT molecular complexity index is 301. The van der Waals surface area contributed by atoms with Gasteiger partial charge in [-0.1, -0.05) is 6.08 Å². The second-order valence-corrected chi connectivity index (χ2v) is 4.52. The van der Waals surface area contributed by atoms with E-state index in [9.17, 15) is 0 Å². The Labute approximate surface area is 71.5 Å². The van der Waals surface area contributed by atoms with Crippen LogP contribution in [0.5, 0.6) is 0 Å². The van der Waals surface area contributed by atoms with Crippen LogP contribution in [0, 0.1) is 34.5 Å². The molecule has 4 atom stereocenters. The van der Waals surface area contributed by atoms with Crippen LogP contribution in [0.3, 0.4) is 0 Å². The summed E-state index contributed by atoms with van der Waals surface area (Å²) in [6.07, 6.45) is 4.54. The molecule has 0 spiro atoms. The molecular weight excluding hydrogens is 154 g/mol. The van der Waals surface area contributed by atoms with Crippen LogP contribution >= 0.6 is 12.6 Å². The van der Waals surface area contributed by atoms with Crippen LogP contribution in [0.4, 0.5) is 0 Å². The third kappa shape index (κ3) is 0.552. The fourth-order valence-corrected chi connectivity index (χ4v) is 3.04. The maximum absolute atomic E-state index is 8.97. The van der Waals surface area contributed by atoms with Crippen LogP contribution < -0.4 is 0 Å². The van der Waals surface area contributed by atoms with E-state index in [1.54, 1.807) is 0 Å². The van der Waals surface area contributed by atoms with Crippen molar-refractivity contribution in [2.45, 2.75) is 12.8 Å². The first-order valence-corrected chi connectivity index (χ1v) is 4.54. The van der Waals surface area contributed by atoms with Crippen LogP contribution in [0.1, 0.15) is 12.8 Å². The van der Waals surface area contributed by atoms with E-state index in [-0.39, 0.29) is 5.41 Å². The monoisotopic (exact) mass is 163 g/mol. The van der Waals surface area contributed by atoms with E-state index < -0.39 is 0 Å². The SMILES string of the molecule is N#CC12CC1C=C(S)C1CC12. The second-order valence-electron chi connectivity index (χ2n) is 4.00. The molecular formula is C9H9NS. The Kier molecular flexibility index (Phi) is 0.845. The molecule has 0 amide bonds. The zero-order valence-corrected chi connectivity index (χ0v) is 7.01. The summed E-state index contributed by atoms with van der Waals surface area (Å²) in [4.78, 5) is 1.25. The van der Waals surface area contributed by atoms with Gasteiger partial charge in [-0.05, 0) is 35.5 Å². The van der Waals surface area contributed by atoms with Gasteiger partial charge in [-0.2, -0.15) is 5.26 Å². The number of nitriles is 1. The van der Waals surface area contributed by atoms with E-state index in [1.807, 2.05) is 0 Å². The van der Waals surface area contributed by atoms with E-state index in [4.69, 9.17) is 5.26 Å². The van der Waals surface area contributed by atoms with Gasteiger partial charge in [0.25, 0.3) is 0 Å². The topological polar surface area (TPSA) is 23.8 Å². The van der Waals surface area contributed by atoms with Gasteiger partial charge in [0.05, 0.1) is 11.5 Å². The van der Waals surface area contributed by atoms with Crippen molar-refractivity contribution in [3.8, 4) is 6.07 Å². The number of hydrogen-bond donors (Lipinski definition) is 1. The highest BCUT2D eigenvalue weighted by Crippen LogP contribution is 2.73. The molecule has 3 rings (SSSR count). The molecule has 11 heavy (non-hydrogen) atoms. The summed E-state index contributed by atoms with van der Waals surface area (Å²) >= 11 is 4.41. The standard InChI is InChI=1S/C9H9NS/c10-4-9-3-5(9)1-8(11)6-2-7(6)9/h1,5-7,11H,2-3H2. The Hall–Kier alpha value is -0.420. The van der Waals surface area contributed by atoms with Gasteiger partial charge < -0.3 is 0 Å². The molecule has 0 aromatic carbocycles. The summed E-state index contributed by atoms with van der Waals surface area (Å²) in [7, 11) is 0. The summed E-state index contributed by atoms with van der Waals surface area (Å²) in [6.45, 7) is 0. The minimum atomic E-state index is 0.0803. The fraction of sp³-hybridized carbons (Fsp3) is 0.667. The molecule has 0 radical (unpaired) electrons. The first-order chi connectivity index (χ1) is 5.28. The van der Waals surface area contributed by atoms with Gasteiger partial charge in [-0.15, -0.1) is 12.6 Å². The minimum Gasteiger partial charge on any atom is -0.198 e. The first-order valence-electron chi connectivity index (χ1n) is 4.10. The molecule has 1 nitrogen and oxygen atoms in total. The normalized spacial score (nSPS) is 56.7. The van der Waals surface area contributed by atoms with E-state index in [2.05, 4.69) is 24.8 Å². The predicted molar refractivity (Wildman–Crippen MR) is 44.8 cm³/mol. The summed E-state index contributed by atoms with van der Waals surface area (Å²) in [5.74, 6) is 1.90. The van der Waals surface area contributed by atoms with Gasteiger partial charge in [-0.25, -0.2) is 0 Å². The van der Waals surface area contributed by atoms with Crippen molar-refractivity contribution in [2.24, 2.45) is 23.2 Å². The van der Waals surface area contributed by atoms with Crippen LogP contribution in [0.25, 0.3) is 0 Å². The molecule has 3 aliphatic rings. The number of rotatable bonds is 0. The molecule has 0 aromatic heterocycles. The van der Waals surface area contributed by atoms with E-state index in [1.165, 1.54) is 11.3 Å². The molecule has 0 aromatic rings.